The monoisotopic (exact) mass is 292 g/mol. The fourth-order valence-corrected chi connectivity index (χ4v) is 2.63. The maximum atomic E-state index is 12.4. The number of pyridine rings is 1. The summed E-state index contributed by atoms with van der Waals surface area (Å²) in [6.07, 6.45) is 3.68. The third-order valence-corrected chi connectivity index (χ3v) is 3.86. The Hall–Kier alpha value is -1.62. The molecule has 2 heterocycles. The van der Waals surface area contributed by atoms with Crippen molar-refractivity contribution in [3.8, 4) is 0 Å². The van der Waals surface area contributed by atoms with Crippen LogP contribution in [0.2, 0.25) is 0 Å². The van der Waals surface area contributed by atoms with Crippen molar-refractivity contribution in [1.82, 2.24) is 9.47 Å². The topological polar surface area (TPSA) is 51.5 Å². The minimum Gasteiger partial charge on any atom is -0.381 e. The number of carbonyl (C=O) groups excluding carboxylic acids is 1. The van der Waals surface area contributed by atoms with Crippen LogP contribution in [0.5, 0.6) is 0 Å². The minimum atomic E-state index is -0.120. The van der Waals surface area contributed by atoms with Crippen molar-refractivity contribution in [3.63, 3.8) is 0 Å². The fourth-order valence-electron chi connectivity index (χ4n) is 2.63. The van der Waals surface area contributed by atoms with Crippen molar-refractivity contribution in [2.45, 2.75) is 33.2 Å². The number of carbonyl (C=O) groups is 1. The van der Waals surface area contributed by atoms with Crippen LogP contribution in [0.3, 0.4) is 0 Å². The van der Waals surface area contributed by atoms with Crippen LogP contribution in [0, 0.1) is 5.92 Å². The lowest BCUT2D eigenvalue weighted by molar-refractivity contribution is 0.0754. The number of ether oxygens (including phenoxy) is 1. The molecule has 0 N–H and O–H groups in total. The lowest BCUT2D eigenvalue weighted by atomic mass is 10.1. The number of amides is 1. The maximum absolute atomic E-state index is 12.4. The summed E-state index contributed by atoms with van der Waals surface area (Å²) in [5.74, 6) is 0.366. The first kappa shape index (κ1) is 15.8. The molecule has 1 fully saturated rings. The molecule has 1 saturated heterocycles. The molecule has 1 aliphatic heterocycles. The summed E-state index contributed by atoms with van der Waals surface area (Å²) < 4.78 is 7.14. The molecule has 1 aliphatic rings. The Bertz CT molecular complexity index is 539. The molecule has 21 heavy (non-hydrogen) atoms. The normalized spacial score (nSPS) is 18.2. The van der Waals surface area contributed by atoms with Gasteiger partial charge in [0.05, 0.1) is 6.61 Å². The van der Waals surface area contributed by atoms with E-state index in [1.54, 1.807) is 16.8 Å². The summed E-state index contributed by atoms with van der Waals surface area (Å²) in [5.41, 5.74) is 0.366. The van der Waals surface area contributed by atoms with Gasteiger partial charge < -0.3 is 14.2 Å². The fraction of sp³-hybridized carbons (Fsp3) is 0.625. The van der Waals surface area contributed by atoms with E-state index >= 15 is 0 Å². The van der Waals surface area contributed by atoms with E-state index in [0.29, 0.717) is 18.0 Å². The van der Waals surface area contributed by atoms with Gasteiger partial charge in [0.15, 0.2) is 0 Å². The van der Waals surface area contributed by atoms with Crippen molar-refractivity contribution in [3.05, 3.63) is 34.2 Å². The van der Waals surface area contributed by atoms with E-state index in [1.807, 2.05) is 11.8 Å². The second-order valence-electron chi connectivity index (χ2n) is 5.52. The van der Waals surface area contributed by atoms with Crippen molar-refractivity contribution in [1.29, 1.82) is 0 Å². The van der Waals surface area contributed by atoms with Crippen molar-refractivity contribution in [2.75, 3.05) is 26.3 Å². The summed E-state index contributed by atoms with van der Waals surface area (Å²) in [6, 6.07) is 3.17. The van der Waals surface area contributed by atoms with Crippen LogP contribution >= 0.6 is 0 Å². The van der Waals surface area contributed by atoms with Gasteiger partial charge in [0.25, 0.3) is 11.5 Å². The third-order valence-electron chi connectivity index (χ3n) is 3.86. The lowest BCUT2D eigenvalue weighted by Gasteiger charge is -2.17. The van der Waals surface area contributed by atoms with Gasteiger partial charge in [0.2, 0.25) is 0 Å². The number of aryl methyl sites for hydroxylation is 1. The number of hydrogen-bond acceptors (Lipinski definition) is 3. The van der Waals surface area contributed by atoms with Gasteiger partial charge in [-0.3, -0.25) is 9.59 Å². The van der Waals surface area contributed by atoms with Gasteiger partial charge in [-0.05, 0) is 25.8 Å². The Morgan fingerprint density at radius 3 is 2.90 bits per heavy atom. The van der Waals surface area contributed by atoms with Crippen LogP contribution in [0.4, 0.5) is 0 Å². The zero-order valence-electron chi connectivity index (χ0n) is 12.9. The van der Waals surface area contributed by atoms with Gasteiger partial charge >= 0.3 is 0 Å². The molecule has 0 aromatic carbocycles. The molecule has 0 aliphatic carbocycles. The lowest BCUT2D eigenvalue weighted by Crippen LogP contribution is -2.31. The van der Waals surface area contributed by atoms with Crippen LogP contribution in [0.1, 0.15) is 37.0 Å². The SMILES string of the molecule is CCCOC[C@@H]1CCN(C(=O)c2ccn(CC)c(=O)c2)C1. The summed E-state index contributed by atoms with van der Waals surface area (Å²) in [6.45, 7) is 7.57. The van der Waals surface area contributed by atoms with Crippen LogP contribution in [-0.2, 0) is 11.3 Å². The first-order valence-corrected chi connectivity index (χ1v) is 7.73. The molecule has 1 amide bonds. The van der Waals surface area contributed by atoms with Gasteiger partial charge in [0, 0.05) is 50.0 Å². The van der Waals surface area contributed by atoms with E-state index in [1.165, 1.54) is 6.07 Å². The molecule has 1 aromatic heterocycles. The average molecular weight is 292 g/mol. The van der Waals surface area contributed by atoms with Gasteiger partial charge in [-0.1, -0.05) is 6.92 Å². The summed E-state index contributed by atoms with van der Waals surface area (Å²) in [7, 11) is 0. The number of hydrogen-bond donors (Lipinski definition) is 0. The average Bonchev–Trinajstić information content (AvgIpc) is 2.95. The largest absolute Gasteiger partial charge is 0.381 e. The smallest absolute Gasteiger partial charge is 0.254 e. The van der Waals surface area contributed by atoms with Gasteiger partial charge in [0.1, 0.15) is 0 Å². The summed E-state index contributed by atoms with van der Waals surface area (Å²) in [4.78, 5) is 26.0. The van der Waals surface area contributed by atoms with E-state index in [-0.39, 0.29) is 11.5 Å². The van der Waals surface area contributed by atoms with E-state index < -0.39 is 0 Å². The van der Waals surface area contributed by atoms with Gasteiger partial charge in [-0.25, -0.2) is 0 Å². The van der Waals surface area contributed by atoms with Crippen molar-refractivity contribution >= 4 is 5.91 Å². The number of aromatic nitrogens is 1. The molecule has 0 saturated carbocycles. The maximum Gasteiger partial charge on any atom is 0.254 e. The Kier molecular flexibility index (Phi) is 5.56. The molecular formula is C16H24N2O3. The van der Waals surface area contributed by atoms with E-state index in [2.05, 4.69) is 6.92 Å². The highest BCUT2D eigenvalue weighted by Gasteiger charge is 2.27. The van der Waals surface area contributed by atoms with Crippen LogP contribution in [0.15, 0.2) is 23.1 Å². The first-order chi connectivity index (χ1) is 10.2. The molecule has 2 rings (SSSR count). The second kappa shape index (κ2) is 7.41. The van der Waals surface area contributed by atoms with Gasteiger partial charge in [-0.2, -0.15) is 0 Å². The zero-order chi connectivity index (χ0) is 15.2. The van der Waals surface area contributed by atoms with Crippen molar-refractivity contribution in [2.24, 2.45) is 5.92 Å². The van der Waals surface area contributed by atoms with Crippen molar-refractivity contribution < 1.29 is 9.53 Å². The summed E-state index contributed by atoms with van der Waals surface area (Å²) in [5, 5.41) is 0. The number of likely N-dealkylation sites (tertiary alicyclic amines) is 1. The van der Waals surface area contributed by atoms with Crippen LogP contribution in [0.25, 0.3) is 0 Å². The van der Waals surface area contributed by atoms with E-state index in [9.17, 15) is 9.59 Å². The predicted octanol–water partition coefficient (Wildman–Crippen LogP) is 1.76. The molecule has 1 aromatic rings. The summed E-state index contributed by atoms with van der Waals surface area (Å²) >= 11 is 0. The second-order valence-corrected chi connectivity index (χ2v) is 5.52. The Morgan fingerprint density at radius 1 is 1.43 bits per heavy atom. The predicted molar refractivity (Wildman–Crippen MR) is 81.5 cm³/mol. The third kappa shape index (κ3) is 3.94. The van der Waals surface area contributed by atoms with Crippen LogP contribution in [-0.4, -0.2) is 41.7 Å². The molecule has 116 valence electrons. The minimum absolute atomic E-state index is 0.0478. The number of nitrogens with zero attached hydrogens (tertiary/aromatic N) is 2. The molecule has 5 nitrogen and oxygen atoms in total. The molecule has 1 atom stereocenters. The molecule has 0 spiro atoms. The molecular weight excluding hydrogens is 268 g/mol. The standard InChI is InChI=1S/C16H24N2O3/c1-3-9-21-12-13-5-7-18(11-13)16(20)14-6-8-17(4-2)15(19)10-14/h6,8,10,13H,3-5,7,9,11-12H2,1-2H3/t13-/m1/s1. The van der Waals surface area contributed by atoms with E-state index in [4.69, 9.17) is 4.74 Å². The molecule has 0 bridgehead atoms. The first-order valence-electron chi connectivity index (χ1n) is 7.73. The molecule has 0 unspecified atom stereocenters. The molecule has 0 radical (unpaired) electrons. The Balaban J connectivity index is 1.95. The highest BCUT2D eigenvalue weighted by Crippen LogP contribution is 2.18. The molecule has 5 heteroatoms. The Morgan fingerprint density at radius 2 is 2.24 bits per heavy atom. The van der Waals surface area contributed by atoms with Gasteiger partial charge in [-0.15, -0.1) is 0 Å². The highest BCUT2D eigenvalue weighted by molar-refractivity contribution is 5.94. The quantitative estimate of drug-likeness (QED) is 0.751. The highest BCUT2D eigenvalue weighted by atomic mass is 16.5. The Labute approximate surface area is 125 Å². The number of rotatable bonds is 6. The van der Waals surface area contributed by atoms with E-state index in [0.717, 1.165) is 39.1 Å². The van der Waals surface area contributed by atoms with Crippen LogP contribution < -0.4 is 5.56 Å². The zero-order valence-corrected chi connectivity index (χ0v) is 12.9.